The minimum absolute atomic E-state index is 0.0623. The van der Waals surface area contributed by atoms with Crippen LogP contribution in [0.15, 0.2) is 59.5 Å². The van der Waals surface area contributed by atoms with Crippen molar-refractivity contribution in [3.05, 3.63) is 87.6 Å². The number of carbonyl (C=O) groups excluding carboxylic acids is 1. The van der Waals surface area contributed by atoms with Gasteiger partial charge in [-0.05, 0) is 80.8 Å². The molecular formula is C24H22N2OS2. The van der Waals surface area contributed by atoms with Crippen molar-refractivity contribution in [2.24, 2.45) is 0 Å². The second-order valence-electron chi connectivity index (χ2n) is 7.28. The molecule has 2 aromatic carbocycles. The summed E-state index contributed by atoms with van der Waals surface area (Å²) in [5.41, 5.74) is 7.55. The van der Waals surface area contributed by atoms with Crippen molar-refractivity contribution >= 4 is 46.0 Å². The van der Waals surface area contributed by atoms with E-state index in [9.17, 15) is 4.79 Å². The number of hydrogen-bond acceptors (Lipinski definition) is 3. The van der Waals surface area contributed by atoms with Crippen LogP contribution in [0.25, 0.3) is 11.8 Å². The van der Waals surface area contributed by atoms with Crippen molar-refractivity contribution < 1.29 is 4.79 Å². The third-order valence-electron chi connectivity index (χ3n) is 5.31. The van der Waals surface area contributed by atoms with E-state index in [4.69, 9.17) is 12.2 Å². The van der Waals surface area contributed by atoms with Gasteiger partial charge in [0.25, 0.3) is 5.91 Å². The summed E-state index contributed by atoms with van der Waals surface area (Å²) in [5, 5.41) is 0. The van der Waals surface area contributed by atoms with Gasteiger partial charge in [0, 0.05) is 17.1 Å². The molecule has 0 saturated carbocycles. The molecule has 1 aliphatic heterocycles. The summed E-state index contributed by atoms with van der Waals surface area (Å²) in [6.07, 6.45) is 1.96. The fourth-order valence-electron chi connectivity index (χ4n) is 3.60. The highest BCUT2D eigenvalue weighted by Crippen LogP contribution is 2.37. The van der Waals surface area contributed by atoms with E-state index < -0.39 is 0 Å². The second kappa shape index (κ2) is 7.65. The lowest BCUT2D eigenvalue weighted by Crippen LogP contribution is -2.27. The molecule has 29 heavy (non-hydrogen) atoms. The molecule has 0 aliphatic carbocycles. The van der Waals surface area contributed by atoms with Crippen LogP contribution in [0.4, 0.5) is 5.69 Å². The number of para-hydroxylation sites is 1. The lowest BCUT2D eigenvalue weighted by atomic mass is 10.1. The first-order valence-electron chi connectivity index (χ1n) is 9.46. The number of anilines is 1. The molecule has 3 aromatic rings. The molecule has 5 heteroatoms. The summed E-state index contributed by atoms with van der Waals surface area (Å²) < 4.78 is 2.77. The molecule has 1 amide bonds. The molecule has 3 nitrogen and oxygen atoms in total. The molecule has 146 valence electrons. The van der Waals surface area contributed by atoms with Gasteiger partial charge in [0.1, 0.15) is 0 Å². The third kappa shape index (κ3) is 3.56. The standard InChI is InChI=1S/C24H22N2OS2/c1-15-10-11-21(12-16(15)2)26-23(27)22(29-24(26)28)14-19-13-17(3)25(18(19)4)20-8-6-5-7-9-20/h5-14H,1-4H3. The summed E-state index contributed by atoms with van der Waals surface area (Å²) in [5.74, 6) is -0.0623. The maximum atomic E-state index is 13.1. The van der Waals surface area contributed by atoms with Gasteiger partial charge in [-0.1, -0.05) is 48.2 Å². The lowest BCUT2D eigenvalue weighted by molar-refractivity contribution is -0.113. The Morgan fingerprint density at radius 3 is 2.31 bits per heavy atom. The van der Waals surface area contributed by atoms with Gasteiger partial charge in [-0.15, -0.1) is 0 Å². The minimum atomic E-state index is -0.0623. The van der Waals surface area contributed by atoms with Crippen molar-refractivity contribution in [1.82, 2.24) is 4.57 Å². The van der Waals surface area contributed by atoms with E-state index in [0.717, 1.165) is 33.9 Å². The Bertz CT molecular complexity index is 1160. The topological polar surface area (TPSA) is 25.2 Å². The van der Waals surface area contributed by atoms with E-state index in [2.05, 4.69) is 43.5 Å². The first kappa shape index (κ1) is 19.7. The molecule has 4 rings (SSSR count). The smallest absolute Gasteiger partial charge is 0.270 e. The maximum absolute atomic E-state index is 13.1. The van der Waals surface area contributed by atoms with Crippen molar-refractivity contribution in [3.63, 3.8) is 0 Å². The van der Waals surface area contributed by atoms with Crippen LogP contribution in [-0.4, -0.2) is 14.8 Å². The molecule has 1 aromatic heterocycles. The quantitative estimate of drug-likeness (QED) is 0.379. The Balaban J connectivity index is 1.70. The van der Waals surface area contributed by atoms with Crippen molar-refractivity contribution in [2.75, 3.05) is 4.90 Å². The fourth-order valence-corrected chi connectivity index (χ4v) is 4.89. The number of rotatable bonds is 3. The van der Waals surface area contributed by atoms with Crippen LogP contribution in [0.1, 0.15) is 28.1 Å². The number of benzene rings is 2. The fraction of sp³-hybridized carbons (Fsp3) is 0.167. The molecule has 1 saturated heterocycles. The highest BCUT2D eigenvalue weighted by atomic mass is 32.2. The van der Waals surface area contributed by atoms with Gasteiger partial charge < -0.3 is 4.57 Å². The van der Waals surface area contributed by atoms with E-state index >= 15 is 0 Å². The average molecular weight is 419 g/mol. The van der Waals surface area contributed by atoms with Gasteiger partial charge in [0.2, 0.25) is 0 Å². The van der Waals surface area contributed by atoms with Gasteiger partial charge in [-0.25, -0.2) is 0 Å². The van der Waals surface area contributed by atoms with Gasteiger partial charge >= 0.3 is 0 Å². The largest absolute Gasteiger partial charge is 0.318 e. The zero-order chi connectivity index (χ0) is 20.7. The highest BCUT2D eigenvalue weighted by Gasteiger charge is 2.33. The van der Waals surface area contributed by atoms with Crippen LogP contribution < -0.4 is 4.90 Å². The molecule has 0 bridgehead atoms. The Hall–Kier alpha value is -2.63. The number of carbonyl (C=O) groups is 1. The molecule has 1 fully saturated rings. The monoisotopic (exact) mass is 418 g/mol. The first-order chi connectivity index (χ1) is 13.9. The van der Waals surface area contributed by atoms with Crippen molar-refractivity contribution in [2.45, 2.75) is 27.7 Å². The molecule has 0 unspecified atom stereocenters. The zero-order valence-electron chi connectivity index (χ0n) is 16.9. The first-order valence-corrected chi connectivity index (χ1v) is 10.7. The summed E-state index contributed by atoms with van der Waals surface area (Å²) in [7, 11) is 0. The van der Waals surface area contributed by atoms with E-state index in [1.165, 1.54) is 17.3 Å². The molecule has 1 aliphatic rings. The third-order valence-corrected chi connectivity index (χ3v) is 6.62. The highest BCUT2D eigenvalue weighted by molar-refractivity contribution is 8.27. The molecule has 2 heterocycles. The number of aryl methyl sites for hydroxylation is 3. The Labute approximate surface area is 181 Å². The van der Waals surface area contributed by atoms with Crippen LogP contribution in [-0.2, 0) is 4.79 Å². The predicted octanol–water partition coefficient (Wildman–Crippen LogP) is 6.12. The van der Waals surface area contributed by atoms with Crippen molar-refractivity contribution in [1.29, 1.82) is 0 Å². The van der Waals surface area contributed by atoms with E-state index in [0.29, 0.717) is 9.23 Å². The van der Waals surface area contributed by atoms with Crippen LogP contribution in [0, 0.1) is 27.7 Å². The summed E-state index contributed by atoms with van der Waals surface area (Å²) in [6, 6.07) is 18.4. The molecule has 0 radical (unpaired) electrons. The number of aromatic nitrogens is 1. The van der Waals surface area contributed by atoms with Crippen molar-refractivity contribution in [3.8, 4) is 5.69 Å². The summed E-state index contributed by atoms with van der Waals surface area (Å²) >= 11 is 6.89. The Kier molecular flexibility index (Phi) is 5.19. The number of nitrogens with zero attached hydrogens (tertiary/aromatic N) is 2. The van der Waals surface area contributed by atoms with Gasteiger partial charge in [0.15, 0.2) is 4.32 Å². The maximum Gasteiger partial charge on any atom is 0.270 e. The van der Waals surface area contributed by atoms with Gasteiger partial charge in [0.05, 0.1) is 10.6 Å². The second-order valence-corrected chi connectivity index (χ2v) is 8.96. The van der Waals surface area contributed by atoms with E-state index in [1.54, 1.807) is 4.90 Å². The van der Waals surface area contributed by atoms with E-state index in [1.807, 2.05) is 49.4 Å². The van der Waals surface area contributed by atoms with Gasteiger partial charge in [-0.2, -0.15) is 0 Å². The Morgan fingerprint density at radius 2 is 1.62 bits per heavy atom. The average Bonchev–Trinajstić information content (AvgIpc) is 3.13. The molecule has 0 N–H and O–H groups in total. The van der Waals surface area contributed by atoms with Crippen LogP contribution in [0.3, 0.4) is 0 Å². The number of thioether (sulfide) groups is 1. The van der Waals surface area contributed by atoms with Crippen LogP contribution >= 0.6 is 24.0 Å². The lowest BCUT2D eigenvalue weighted by Gasteiger charge is -2.15. The molecule has 0 spiro atoms. The number of thiocarbonyl (C=S) groups is 1. The Morgan fingerprint density at radius 1 is 0.897 bits per heavy atom. The zero-order valence-corrected chi connectivity index (χ0v) is 18.5. The van der Waals surface area contributed by atoms with E-state index in [-0.39, 0.29) is 5.91 Å². The van der Waals surface area contributed by atoms with Gasteiger partial charge in [-0.3, -0.25) is 9.69 Å². The summed E-state index contributed by atoms with van der Waals surface area (Å²) in [6.45, 7) is 8.27. The minimum Gasteiger partial charge on any atom is -0.318 e. The molecule has 0 atom stereocenters. The number of hydrogen-bond donors (Lipinski definition) is 0. The summed E-state index contributed by atoms with van der Waals surface area (Å²) in [4.78, 5) is 15.4. The predicted molar refractivity (Wildman–Crippen MR) is 127 cm³/mol. The SMILES string of the molecule is Cc1ccc(N2C(=O)C(=Cc3cc(C)n(-c4ccccc4)c3C)SC2=S)cc1C. The van der Waals surface area contributed by atoms with Crippen LogP contribution in [0.5, 0.6) is 0 Å². The van der Waals surface area contributed by atoms with Crippen LogP contribution in [0.2, 0.25) is 0 Å². The number of amides is 1. The molecular weight excluding hydrogens is 396 g/mol. The normalized spacial score (nSPS) is 15.6.